The van der Waals surface area contributed by atoms with E-state index in [1.807, 2.05) is 0 Å². The molecule has 0 heterocycles. The molecule has 0 aromatic heterocycles. The van der Waals surface area contributed by atoms with E-state index in [-0.39, 0.29) is 5.75 Å². The molecule has 0 amide bonds. The summed E-state index contributed by atoms with van der Waals surface area (Å²) in [6.45, 7) is -0.756. The molecule has 16 heavy (non-hydrogen) atoms. The Bertz CT molecular complexity index is 370. The first kappa shape index (κ1) is 12.8. The summed E-state index contributed by atoms with van der Waals surface area (Å²) in [5.41, 5.74) is -0.431. The second-order valence-electron chi connectivity index (χ2n) is 3.18. The van der Waals surface area contributed by atoms with Gasteiger partial charge in [0.25, 0.3) is 0 Å². The van der Waals surface area contributed by atoms with Crippen molar-refractivity contribution in [2.24, 2.45) is 0 Å². The van der Waals surface area contributed by atoms with Gasteiger partial charge in [-0.1, -0.05) is 0 Å². The fourth-order valence-corrected chi connectivity index (χ4v) is 1.24. The summed E-state index contributed by atoms with van der Waals surface area (Å²) in [4.78, 5) is 0. The van der Waals surface area contributed by atoms with Crippen molar-refractivity contribution in [3.05, 3.63) is 29.3 Å². The molecule has 0 fully saturated rings. The third-order valence-electron chi connectivity index (χ3n) is 2.17. The normalized spacial score (nSPS) is 14.6. The van der Waals surface area contributed by atoms with Crippen LogP contribution in [-0.2, 0) is 0 Å². The molecule has 0 saturated heterocycles. The van der Waals surface area contributed by atoms with E-state index in [0.717, 1.165) is 12.1 Å². The van der Waals surface area contributed by atoms with Gasteiger partial charge in [0.15, 0.2) is 11.6 Å². The van der Waals surface area contributed by atoms with Crippen molar-refractivity contribution in [1.29, 1.82) is 0 Å². The Morgan fingerprint density at radius 1 is 1.25 bits per heavy atom. The quantitative estimate of drug-likeness (QED) is 0.703. The summed E-state index contributed by atoms with van der Waals surface area (Å²) < 4.78 is 31.2. The van der Waals surface area contributed by atoms with E-state index in [4.69, 9.17) is 10.2 Å². The van der Waals surface area contributed by atoms with E-state index in [0.29, 0.717) is 0 Å². The third kappa shape index (κ3) is 2.29. The summed E-state index contributed by atoms with van der Waals surface area (Å²) in [5.74, 6) is -2.85. The lowest BCUT2D eigenvalue weighted by Gasteiger charge is -2.17. The average Bonchev–Trinajstić information content (AvgIpc) is 2.30. The van der Waals surface area contributed by atoms with Crippen molar-refractivity contribution in [3.63, 3.8) is 0 Å². The van der Waals surface area contributed by atoms with Gasteiger partial charge in [0.2, 0.25) is 5.82 Å². The fraction of sp³-hybridized carbons (Fsp3) is 0.400. The minimum absolute atomic E-state index is 0.299. The molecule has 0 aliphatic heterocycles. The van der Waals surface area contributed by atoms with Gasteiger partial charge in [0.1, 0.15) is 12.2 Å². The van der Waals surface area contributed by atoms with E-state index in [2.05, 4.69) is 4.74 Å². The Morgan fingerprint density at radius 2 is 1.88 bits per heavy atom. The summed E-state index contributed by atoms with van der Waals surface area (Å²) in [5, 5.41) is 27.1. The van der Waals surface area contributed by atoms with Gasteiger partial charge in [-0.15, -0.1) is 0 Å². The smallest absolute Gasteiger partial charge is 0.200 e. The van der Waals surface area contributed by atoms with Gasteiger partial charge in [0.05, 0.1) is 13.7 Å². The minimum atomic E-state index is -1.69. The van der Waals surface area contributed by atoms with Crippen molar-refractivity contribution in [3.8, 4) is 5.75 Å². The highest BCUT2D eigenvalue weighted by molar-refractivity contribution is 5.32. The first-order chi connectivity index (χ1) is 7.52. The molecule has 3 N–H and O–H groups in total. The van der Waals surface area contributed by atoms with Gasteiger partial charge in [0, 0.05) is 5.56 Å². The Morgan fingerprint density at radius 3 is 2.38 bits per heavy atom. The lowest BCUT2D eigenvalue weighted by Crippen LogP contribution is -2.23. The van der Waals surface area contributed by atoms with E-state index in [9.17, 15) is 13.9 Å². The van der Waals surface area contributed by atoms with Crippen molar-refractivity contribution in [1.82, 2.24) is 0 Å². The van der Waals surface area contributed by atoms with Gasteiger partial charge in [-0.3, -0.25) is 0 Å². The molecule has 1 aromatic rings. The SMILES string of the molecule is COc1ccc(C(O)C(O)CO)c(F)c1F. The van der Waals surface area contributed by atoms with E-state index in [1.54, 1.807) is 0 Å². The van der Waals surface area contributed by atoms with Crippen molar-refractivity contribution < 1.29 is 28.8 Å². The van der Waals surface area contributed by atoms with Crippen LogP contribution < -0.4 is 4.74 Å². The number of aliphatic hydroxyl groups is 3. The molecule has 90 valence electrons. The zero-order chi connectivity index (χ0) is 12.3. The lowest BCUT2D eigenvalue weighted by molar-refractivity contribution is -0.0171. The van der Waals surface area contributed by atoms with Gasteiger partial charge in [-0.05, 0) is 12.1 Å². The lowest BCUT2D eigenvalue weighted by atomic mass is 10.0. The summed E-state index contributed by atoms with van der Waals surface area (Å²) in [6.07, 6.45) is -3.26. The van der Waals surface area contributed by atoms with Gasteiger partial charge in [-0.25, -0.2) is 4.39 Å². The Balaban J connectivity index is 3.11. The molecule has 1 aromatic carbocycles. The zero-order valence-corrected chi connectivity index (χ0v) is 8.52. The van der Waals surface area contributed by atoms with Crippen LogP contribution in [0.1, 0.15) is 11.7 Å². The van der Waals surface area contributed by atoms with E-state index in [1.165, 1.54) is 7.11 Å². The van der Waals surface area contributed by atoms with Crippen molar-refractivity contribution in [2.75, 3.05) is 13.7 Å². The van der Waals surface area contributed by atoms with Crippen LogP contribution in [0.15, 0.2) is 12.1 Å². The van der Waals surface area contributed by atoms with Gasteiger partial charge >= 0.3 is 0 Å². The molecule has 0 aliphatic rings. The predicted octanol–water partition coefficient (Wildman–Crippen LogP) is 0.360. The number of benzene rings is 1. The number of rotatable bonds is 4. The summed E-state index contributed by atoms with van der Waals surface area (Å²) in [7, 11) is 1.18. The second-order valence-corrected chi connectivity index (χ2v) is 3.18. The van der Waals surface area contributed by atoms with Crippen molar-refractivity contribution >= 4 is 0 Å². The molecule has 0 saturated carbocycles. The number of methoxy groups -OCH3 is 1. The Labute approximate surface area is 90.7 Å². The van der Waals surface area contributed by atoms with Crippen LogP contribution in [0.25, 0.3) is 0 Å². The van der Waals surface area contributed by atoms with Crippen LogP contribution in [0.4, 0.5) is 8.78 Å². The highest BCUT2D eigenvalue weighted by atomic mass is 19.2. The highest BCUT2D eigenvalue weighted by Gasteiger charge is 2.24. The number of ether oxygens (including phenoxy) is 1. The molecule has 0 bridgehead atoms. The minimum Gasteiger partial charge on any atom is -0.494 e. The molecule has 0 aliphatic carbocycles. The predicted molar refractivity (Wildman–Crippen MR) is 51.0 cm³/mol. The van der Waals surface area contributed by atoms with Crippen molar-refractivity contribution in [2.45, 2.75) is 12.2 Å². The van der Waals surface area contributed by atoms with Crippen LogP contribution >= 0.6 is 0 Å². The summed E-state index contributed by atoms with van der Waals surface area (Å²) in [6, 6.07) is 2.21. The fourth-order valence-electron chi connectivity index (χ4n) is 1.24. The topological polar surface area (TPSA) is 69.9 Å². The van der Waals surface area contributed by atoms with Crippen LogP contribution in [0.2, 0.25) is 0 Å². The average molecular weight is 234 g/mol. The highest BCUT2D eigenvalue weighted by Crippen LogP contribution is 2.27. The molecular weight excluding hydrogens is 222 g/mol. The van der Waals surface area contributed by atoms with Crippen LogP contribution in [0.3, 0.4) is 0 Å². The molecule has 2 atom stereocenters. The Kier molecular flexibility index (Phi) is 4.17. The van der Waals surface area contributed by atoms with Crippen LogP contribution in [0.5, 0.6) is 5.75 Å². The van der Waals surface area contributed by atoms with E-state index >= 15 is 0 Å². The molecule has 2 unspecified atom stereocenters. The van der Waals surface area contributed by atoms with Crippen LogP contribution in [-0.4, -0.2) is 35.1 Å². The Hall–Kier alpha value is -1.24. The van der Waals surface area contributed by atoms with E-state index < -0.39 is 36.0 Å². The number of hydrogen-bond donors (Lipinski definition) is 3. The maximum absolute atomic E-state index is 13.4. The van der Waals surface area contributed by atoms with Gasteiger partial charge < -0.3 is 20.1 Å². The number of hydrogen-bond acceptors (Lipinski definition) is 4. The first-order valence-corrected chi connectivity index (χ1v) is 4.51. The van der Waals surface area contributed by atoms with Gasteiger partial charge in [-0.2, -0.15) is 4.39 Å². The maximum Gasteiger partial charge on any atom is 0.200 e. The standard InChI is InChI=1S/C10H12F2O4/c1-16-7-3-2-5(8(11)9(7)12)10(15)6(14)4-13/h2-3,6,10,13-15H,4H2,1H3. The summed E-state index contributed by atoms with van der Waals surface area (Å²) >= 11 is 0. The molecule has 0 radical (unpaired) electrons. The number of aliphatic hydroxyl groups excluding tert-OH is 3. The molecule has 1 rings (SSSR count). The largest absolute Gasteiger partial charge is 0.494 e. The maximum atomic E-state index is 13.4. The molecule has 0 spiro atoms. The number of halogens is 2. The monoisotopic (exact) mass is 234 g/mol. The zero-order valence-electron chi connectivity index (χ0n) is 8.52. The first-order valence-electron chi connectivity index (χ1n) is 4.51. The molecule has 6 heteroatoms. The van der Waals surface area contributed by atoms with Crippen LogP contribution in [0, 0.1) is 11.6 Å². The molecule has 4 nitrogen and oxygen atoms in total. The third-order valence-corrected chi connectivity index (χ3v) is 2.17. The molecular formula is C10H12F2O4. The second kappa shape index (κ2) is 5.20.